The molecule has 2 heterocycles. The van der Waals surface area contributed by atoms with Crippen LogP contribution in [-0.2, 0) is 44.5 Å². The first kappa shape index (κ1) is 41.4. The van der Waals surface area contributed by atoms with Crippen molar-refractivity contribution in [2.24, 2.45) is 5.92 Å². The Morgan fingerprint density at radius 2 is 1.45 bits per heavy atom. The van der Waals surface area contributed by atoms with Crippen LogP contribution in [0.1, 0.15) is 70.8 Å². The normalized spacial score (nSPS) is 27.4. The van der Waals surface area contributed by atoms with Gasteiger partial charge in [-0.2, -0.15) is 0 Å². The fraction of sp³-hybridized carbons (Fsp3) is 0.538. The second-order valence-corrected chi connectivity index (χ2v) is 13.7. The van der Waals surface area contributed by atoms with Crippen LogP contribution in [0.25, 0.3) is 0 Å². The second-order valence-electron chi connectivity index (χ2n) is 13.7. The van der Waals surface area contributed by atoms with E-state index in [1.54, 1.807) is 0 Å². The molecule has 8 atom stereocenters. The summed E-state index contributed by atoms with van der Waals surface area (Å²) in [4.78, 5) is 50.2. The predicted molar refractivity (Wildman–Crippen MR) is 188 cm³/mol. The largest absolute Gasteiger partial charge is 0.494 e. The highest BCUT2D eigenvalue weighted by Gasteiger charge is 2.85. The molecule has 2 aromatic rings. The minimum Gasteiger partial charge on any atom is -0.494 e. The van der Waals surface area contributed by atoms with Crippen LogP contribution in [0.2, 0.25) is 0 Å². The number of aliphatic carboxylic acids is 3. The number of aliphatic hydroxyl groups excluding tert-OH is 1. The zero-order valence-electron chi connectivity index (χ0n) is 30.1. The lowest BCUT2D eigenvalue weighted by molar-refractivity contribution is -0.374. The number of carboxylic acid groups (broad SMARTS) is 3. The van der Waals surface area contributed by atoms with Gasteiger partial charge >= 0.3 is 23.9 Å². The number of aliphatic hydroxyl groups is 2. The summed E-state index contributed by atoms with van der Waals surface area (Å²) in [5, 5.41) is 53.9. The van der Waals surface area contributed by atoms with E-state index in [9.17, 15) is 44.7 Å². The molecule has 2 bridgehead atoms. The lowest BCUT2D eigenvalue weighted by atomic mass is 9.74. The van der Waals surface area contributed by atoms with E-state index in [0.717, 1.165) is 37.0 Å². The van der Waals surface area contributed by atoms with Crippen molar-refractivity contribution >= 4 is 23.9 Å². The number of hydrogen-bond donors (Lipinski definition) is 5. The summed E-state index contributed by atoms with van der Waals surface area (Å²) >= 11 is 0. The third-order valence-electron chi connectivity index (χ3n) is 9.86. The predicted octanol–water partition coefficient (Wildman–Crippen LogP) is 4.15. The number of hydrogen-bond acceptors (Lipinski definition) is 11. The van der Waals surface area contributed by atoms with Crippen molar-refractivity contribution < 1.29 is 68.4 Å². The average Bonchev–Trinajstić information content (AvgIpc) is 3.34. The fourth-order valence-electron chi connectivity index (χ4n) is 7.19. The Balaban J connectivity index is 1.47. The van der Waals surface area contributed by atoms with Gasteiger partial charge in [0.2, 0.25) is 17.3 Å². The van der Waals surface area contributed by atoms with Gasteiger partial charge in [0.25, 0.3) is 0 Å². The maximum absolute atomic E-state index is 13.0. The number of carboxylic acids is 3. The molecular weight excluding hydrogens is 692 g/mol. The number of carbonyl (C=O) groups is 4. The van der Waals surface area contributed by atoms with Crippen molar-refractivity contribution in [3.63, 3.8) is 0 Å². The molecule has 0 saturated carbocycles. The summed E-state index contributed by atoms with van der Waals surface area (Å²) in [6, 6.07) is 18.9. The fourth-order valence-corrected chi connectivity index (χ4v) is 7.19. The SMILES string of the molecule is C=C(CCC12OC(C(=O)O)C(O)(C(=O)O)C(C(=O)O)(O1)[C@H](OCCCCCCCCOc1ccccc1)[C@H]2O)[C@@H](OC(C)=O)[C@H](C)Cc1ccccc1. The van der Waals surface area contributed by atoms with Crippen LogP contribution in [0, 0.1) is 5.92 Å². The molecular formula is C39H50O14. The van der Waals surface area contributed by atoms with Gasteiger partial charge in [0, 0.05) is 25.9 Å². The number of para-hydroxylation sites is 1. The van der Waals surface area contributed by atoms with Gasteiger partial charge in [0.15, 0.2) is 5.79 Å². The summed E-state index contributed by atoms with van der Waals surface area (Å²) in [5.41, 5.74) is -5.74. The van der Waals surface area contributed by atoms with Crippen LogP contribution in [-0.4, -0.2) is 104 Å². The maximum Gasteiger partial charge on any atom is 0.343 e. The molecule has 53 heavy (non-hydrogen) atoms. The van der Waals surface area contributed by atoms with Crippen molar-refractivity contribution in [3.05, 3.63) is 78.4 Å². The number of unbranched alkanes of at least 4 members (excludes halogenated alkanes) is 5. The molecule has 2 fully saturated rings. The number of rotatable bonds is 22. The third kappa shape index (κ3) is 9.07. The van der Waals surface area contributed by atoms with Crippen molar-refractivity contribution in [1.29, 1.82) is 0 Å². The van der Waals surface area contributed by atoms with Crippen molar-refractivity contribution in [3.8, 4) is 5.75 Å². The number of fused-ring (bicyclic) bond motifs is 2. The monoisotopic (exact) mass is 742 g/mol. The molecule has 290 valence electrons. The molecule has 0 aliphatic carbocycles. The molecule has 0 spiro atoms. The van der Waals surface area contributed by atoms with Gasteiger partial charge in [-0.15, -0.1) is 0 Å². The summed E-state index contributed by atoms with van der Waals surface area (Å²) in [6.07, 6.45) is -3.34. The van der Waals surface area contributed by atoms with Crippen LogP contribution < -0.4 is 4.74 Å². The minimum absolute atomic E-state index is 0.148. The first-order valence-electron chi connectivity index (χ1n) is 17.9. The molecule has 14 heteroatoms. The number of ether oxygens (including phenoxy) is 5. The van der Waals surface area contributed by atoms with Gasteiger partial charge < -0.3 is 49.2 Å². The molecule has 14 nitrogen and oxygen atoms in total. The Kier molecular flexibility index (Phi) is 14.2. The van der Waals surface area contributed by atoms with Gasteiger partial charge in [-0.25, -0.2) is 14.4 Å². The third-order valence-corrected chi connectivity index (χ3v) is 9.86. The molecule has 2 saturated heterocycles. The lowest BCUT2D eigenvalue weighted by Gasteiger charge is -2.49. The number of carbonyl (C=O) groups excluding carboxylic acids is 1. The van der Waals surface area contributed by atoms with Crippen molar-refractivity contribution in [1.82, 2.24) is 0 Å². The quantitative estimate of drug-likeness (QED) is 0.0651. The molecule has 2 aliphatic rings. The van der Waals surface area contributed by atoms with E-state index in [1.807, 2.05) is 67.6 Å². The van der Waals surface area contributed by atoms with Crippen molar-refractivity contribution in [2.45, 2.75) is 113 Å². The average molecular weight is 743 g/mol. The standard InChI is InChI=1S/C39H50O14/c1-25(30(51-27(3)40)26(2)24-28-16-10-8-11-17-28)20-21-37-31(41)32(39(53-37,36(46)47)38(48,35(44)45)33(52-37)34(42)43)50-23-15-7-5-4-6-14-22-49-29-18-12-9-13-19-29/h8-13,16-19,26,30-33,41,48H,1,4-7,14-15,20-24H2,2-3H3,(H,42,43)(H,44,45)(H,46,47)/t26-,30-,31-,32-,33?,37?,38?,39?/m1/s1. The van der Waals surface area contributed by atoms with Crippen LogP contribution in [0.4, 0.5) is 0 Å². The van der Waals surface area contributed by atoms with Crippen LogP contribution in [0.5, 0.6) is 5.75 Å². The van der Waals surface area contributed by atoms with E-state index in [0.29, 0.717) is 31.4 Å². The van der Waals surface area contributed by atoms with E-state index >= 15 is 0 Å². The summed E-state index contributed by atoms with van der Waals surface area (Å²) in [6.45, 7) is 7.55. The van der Waals surface area contributed by atoms with Gasteiger partial charge in [-0.05, 0) is 49.0 Å². The number of esters is 1. The number of benzene rings is 2. The van der Waals surface area contributed by atoms with Gasteiger partial charge in [-0.3, -0.25) is 4.79 Å². The highest BCUT2D eigenvalue weighted by Crippen LogP contribution is 2.56. The van der Waals surface area contributed by atoms with Crippen molar-refractivity contribution in [2.75, 3.05) is 13.2 Å². The molecule has 2 aromatic carbocycles. The summed E-state index contributed by atoms with van der Waals surface area (Å²) < 4.78 is 28.5. The van der Waals surface area contributed by atoms with E-state index in [4.69, 9.17) is 23.7 Å². The lowest BCUT2D eigenvalue weighted by Crippen LogP contribution is -2.78. The minimum atomic E-state index is -3.72. The van der Waals surface area contributed by atoms with Gasteiger partial charge in [0.1, 0.15) is 24.1 Å². The van der Waals surface area contributed by atoms with E-state index < -0.39 is 71.7 Å². The Labute approximate surface area is 308 Å². The van der Waals surface area contributed by atoms with Crippen LogP contribution >= 0.6 is 0 Å². The molecule has 4 unspecified atom stereocenters. The summed E-state index contributed by atoms with van der Waals surface area (Å²) in [5.74, 6) is -8.87. The van der Waals surface area contributed by atoms with Gasteiger partial charge in [-0.1, -0.05) is 87.7 Å². The Morgan fingerprint density at radius 1 is 0.868 bits per heavy atom. The Hall–Kier alpha value is -4.34. The molecule has 0 amide bonds. The highest BCUT2D eigenvalue weighted by molar-refractivity contribution is 5.97. The Bertz CT molecular complexity index is 1570. The maximum atomic E-state index is 13.0. The topological polar surface area (TPSA) is 216 Å². The Morgan fingerprint density at radius 3 is 2.02 bits per heavy atom. The first-order chi connectivity index (χ1) is 25.2. The van der Waals surface area contributed by atoms with E-state index in [2.05, 4.69) is 6.58 Å². The van der Waals surface area contributed by atoms with Crippen LogP contribution in [0.3, 0.4) is 0 Å². The smallest absolute Gasteiger partial charge is 0.343 e. The summed E-state index contributed by atoms with van der Waals surface area (Å²) in [7, 11) is 0. The van der Waals surface area contributed by atoms with E-state index in [1.165, 1.54) is 6.92 Å². The zero-order chi connectivity index (χ0) is 38.8. The molecule has 0 aromatic heterocycles. The van der Waals surface area contributed by atoms with E-state index in [-0.39, 0.29) is 18.9 Å². The van der Waals surface area contributed by atoms with Crippen LogP contribution in [0.15, 0.2) is 72.8 Å². The second kappa shape index (κ2) is 18.1. The highest BCUT2D eigenvalue weighted by atomic mass is 16.8. The zero-order valence-corrected chi connectivity index (χ0v) is 30.1. The molecule has 2 aliphatic heterocycles. The van der Waals surface area contributed by atoms with Gasteiger partial charge in [0.05, 0.1) is 6.61 Å². The molecule has 5 N–H and O–H groups in total. The molecule has 4 rings (SSSR count). The first-order valence-corrected chi connectivity index (χ1v) is 17.9. The molecule has 0 radical (unpaired) electrons.